The normalized spacial score (nSPS) is 16.1. The molecule has 2 aromatic rings. The fourth-order valence-electron chi connectivity index (χ4n) is 3.15. The van der Waals surface area contributed by atoms with E-state index in [1.54, 1.807) is 0 Å². The number of rotatable bonds is 7. The number of anilines is 2. The number of benzene rings is 1. The third-order valence-corrected chi connectivity index (χ3v) is 7.29. The van der Waals surface area contributed by atoms with E-state index in [9.17, 15) is 31.2 Å². The third kappa shape index (κ3) is 6.19. The van der Waals surface area contributed by atoms with Crippen molar-refractivity contribution >= 4 is 49.4 Å². The van der Waals surface area contributed by atoms with E-state index in [1.165, 1.54) is 30.5 Å². The van der Waals surface area contributed by atoms with Gasteiger partial charge in [-0.15, -0.1) is 0 Å². The molecule has 2 heterocycles. The summed E-state index contributed by atoms with van der Waals surface area (Å²) < 4.78 is 77.7. The molecule has 1 atom stereocenters. The van der Waals surface area contributed by atoms with Crippen LogP contribution in [0.4, 0.5) is 29.3 Å². The van der Waals surface area contributed by atoms with Gasteiger partial charge in [-0.1, -0.05) is 0 Å². The molecule has 1 aromatic heterocycles. The number of pyridine rings is 1. The van der Waals surface area contributed by atoms with Crippen molar-refractivity contribution in [3.05, 3.63) is 41.1 Å². The fraction of sp³-hybridized carbons (Fsp3) is 0.381. The average Bonchev–Trinajstić information content (AvgIpc) is 2.76. The predicted molar refractivity (Wildman–Crippen MR) is 124 cm³/mol. The van der Waals surface area contributed by atoms with Crippen LogP contribution in [0, 0.1) is 0 Å². The van der Waals surface area contributed by atoms with E-state index in [0.717, 1.165) is 10.5 Å². The molecule has 2 N–H and O–H groups in total. The van der Waals surface area contributed by atoms with Gasteiger partial charge in [0.2, 0.25) is 5.60 Å². The van der Waals surface area contributed by atoms with Gasteiger partial charge in [-0.3, -0.25) is 19.4 Å². The van der Waals surface area contributed by atoms with Crippen LogP contribution in [0.15, 0.2) is 46.0 Å². The van der Waals surface area contributed by atoms with E-state index >= 15 is 0 Å². The largest absolute Gasteiger partial charge is 0.486 e. The van der Waals surface area contributed by atoms with Crippen LogP contribution in [-0.2, 0) is 19.6 Å². The molecule has 1 aliphatic rings. The SMILES string of the molecule is CC(C)(OC(=O)Nc1ccc2c(c1)N(S(=O)(=O)c1cncc(Br)c1)C[C@H](CCC(=O)O)O2)C(F)(F)F. The van der Waals surface area contributed by atoms with Gasteiger partial charge in [0.15, 0.2) is 0 Å². The third-order valence-electron chi connectivity index (χ3n) is 5.12. The number of alkyl halides is 3. The molecular formula is C21H21BrF3N3O7S. The number of carboxylic acids is 1. The zero-order valence-electron chi connectivity index (χ0n) is 18.9. The number of hydrogen-bond donors (Lipinski definition) is 2. The number of nitrogens with zero attached hydrogens (tertiary/aromatic N) is 2. The Kier molecular flexibility index (Phi) is 7.74. The van der Waals surface area contributed by atoms with Gasteiger partial charge in [0.25, 0.3) is 10.0 Å². The zero-order valence-corrected chi connectivity index (χ0v) is 21.3. The van der Waals surface area contributed by atoms with Crippen LogP contribution in [0.5, 0.6) is 5.75 Å². The molecule has 0 saturated carbocycles. The summed E-state index contributed by atoms with van der Waals surface area (Å²) in [5.74, 6) is -1.02. The number of nitrogens with one attached hydrogen (secondary N) is 1. The number of hydrogen-bond acceptors (Lipinski definition) is 7. The van der Waals surface area contributed by atoms with Crippen molar-refractivity contribution in [2.45, 2.75) is 49.5 Å². The molecular weight excluding hydrogens is 575 g/mol. The number of carboxylic acid groups (broad SMARTS) is 1. The number of carbonyl (C=O) groups is 2. The van der Waals surface area contributed by atoms with Gasteiger partial charge in [-0.25, -0.2) is 13.2 Å². The molecule has 10 nitrogen and oxygen atoms in total. The van der Waals surface area contributed by atoms with Crippen LogP contribution >= 0.6 is 15.9 Å². The summed E-state index contributed by atoms with van der Waals surface area (Å²) in [6.07, 6.45) is -4.78. The van der Waals surface area contributed by atoms with Gasteiger partial charge < -0.3 is 14.6 Å². The highest BCUT2D eigenvalue weighted by Crippen LogP contribution is 2.40. The van der Waals surface area contributed by atoms with Crippen molar-refractivity contribution < 1.29 is 45.8 Å². The monoisotopic (exact) mass is 595 g/mol. The molecule has 1 aromatic carbocycles. The summed E-state index contributed by atoms with van der Waals surface area (Å²) in [7, 11) is -4.24. The lowest BCUT2D eigenvalue weighted by Crippen LogP contribution is -2.44. The maximum absolute atomic E-state index is 13.5. The Balaban J connectivity index is 1.96. The summed E-state index contributed by atoms with van der Waals surface area (Å²) in [6, 6.07) is 5.12. The first-order valence-electron chi connectivity index (χ1n) is 10.3. The van der Waals surface area contributed by atoms with Crippen molar-refractivity contribution in [2.75, 3.05) is 16.2 Å². The first-order valence-corrected chi connectivity index (χ1v) is 12.6. The smallest absolute Gasteiger partial charge is 0.427 e. The Labute approximate surface area is 212 Å². The van der Waals surface area contributed by atoms with Crippen molar-refractivity contribution in [3.8, 4) is 5.75 Å². The number of sulfonamides is 1. The number of halogens is 4. The molecule has 0 fully saturated rings. The minimum atomic E-state index is -4.82. The lowest BCUT2D eigenvalue weighted by atomic mass is 10.1. The van der Waals surface area contributed by atoms with E-state index in [-0.39, 0.29) is 41.4 Å². The van der Waals surface area contributed by atoms with Gasteiger partial charge in [0.05, 0.1) is 12.2 Å². The van der Waals surface area contributed by atoms with Gasteiger partial charge in [-0.05, 0) is 60.5 Å². The molecule has 1 aliphatic heterocycles. The topological polar surface area (TPSA) is 135 Å². The number of carbonyl (C=O) groups excluding carboxylic acids is 1. The van der Waals surface area contributed by atoms with E-state index in [1.807, 2.05) is 0 Å². The lowest BCUT2D eigenvalue weighted by Gasteiger charge is -2.35. The standard InChI is InChI=1S/C21H21BrF3N3O7S/c1-20(2,21(23,24)25)35-19(31)27-13-3-5-17-16(8-13)28(11-14(34-17)4-6-18(29)30)36(32,33)15-7-12(22)9-26-10-15/h3,5,7-10,14H,4,6,11H2,1-2H3,(H,27,31)(H,29,30)/t14-/m0/s1. The van der Waals surface area contributed by atoms with Gasteiger partial charge in [0, 0.05) is 29.0 Å². The van der Waals surface area contributed by atoms with Crippen LogP contribution in [-0.4, -0.2) is 55.0 Å². The summed E-state index contributed by atoms with van der Waals surface area (Å²) in [6.45, 7) is 1.11. The maximum Gasteiger partial charge on any atom is 0.427 e. The van der Waals surface area contributed by atoms with Crippen molar-refractivity contribution in [1.29, 1.82) is 0 Å². The van der Waals surface area contributed by atoms with Crippen LogP contribution in [0.1, 0.15) is 26.7 Å². The van der Waals surface area contributed by atoms with E-state index < -0.39 is 40.0 Å². The Morgan fingerprint density at radius 3 is 2.58 bits per heavy atom. The molecule has 0 spiro atoms. The predicted octanol–water partition coefficient (Wildman–Crippen LogP) is 4.55. The minimum absolute atomic E-state index is 0.0103. The van der Waals surface area contributed by atoms with Crippen LogP contribution in [0.25, 0.3) is 0 Å². The first kappa shape index (κ1) is 27.5. The molecule has 1 amide bonds. The zero-order chi connectivity index (χ0) is 26.9. The van der Waals surface area contributed by atoms with E-state index in [2.05, 4.69) is 31.0 Å². The van der Waals surface area contributed by atoms with E-state index in [0.29, 0.717) is 18.3 Å². The van der Waals surface area contributed by atoms with Crippen molar-refractivity contribution in [3.63, 3.8) is 0 Å². The Morgan fingerprint density at radius 1 is 1.28 bits per heavy atom. The van der Waals surface area contributed by atoms with Gasteiger partial charge in [0.1, 0.15) is 16.7 Å². The van der Waals surface area contributed by atoms with E-state index in [4.69, 9.17) is 9.84 Å². The highest BCUT2D eigenvalue weighted by Gasteiger charge is 2.51. The lowest BCUT2D eigenvalue weighted by molar-refractivity contribution is -0.242. The maximum atomic E-state index is 13.5. The second kappa shape index (κ2) is 10.1. The summed E-state index contributed by atoms with van der Waals surface area (Å²) in [5, 5.41) is 11.2. The quantitative estimate of drug-likeness (QED) is 0.476. The molecule has 0 radical (unpaired) electrons. The second-order valence-corrected chi connectivity index (χ2v) is 11.0. The van der Waals surface area contributed by atoms with Gasteiger partial charge >= 0.3 is 18.2 Å². The summed E-state index contributed by atoms with van der Waals surface area (Å²) in [4.78, 5) is 26.8. The molecule has 0 unspecified atom stereocenters. The molecule has 15 heteroatoms. The molecule has 3 rings (SSSR count). The van der Waals surface area contributed by atoms with Crippen LogP contribution in [0.2, 0.25) is 0 Å². The number of amides is 1. The molecule has 36 heavy (non-hydrogen) atoms. The molecule has 0 saturated heterocycles. The Hall–Kier alpha value is -3.07. The minimum Gasteiger partial charge on any atom is -0.486 e. The summed E-state index contributed by atoms with van der Waals surface area (Å²) in [5.41, 5.74) is -2.85. The van der Waals surface area contributed by atoms with Gasteiger partial charge in [-0.2, -0.15) is 13.2 Å². The Morgan fingerprint density at radius 2 is 1.97 bits per heavy atom. The summed E-state index contributed by atoms with van der Waals surface area (Å²) >= 11 is 3.16. The average molecular weight is 596 g/mol. The van der Waals surface area contributed by atoms with Crippen LogP contribution in [0.3, 0.4) is 0 Å². The van der Waals surface area contributed by atoms with Crippen molar-refractivity contribution in [2.24, 2.45) is 0 Å². The highest BCUT2D eigenvalue weighted by atomic mass is 79.9. The fourth-order valence-corrected chi connectivity index (χ4v) is 5.15. The highest BCUT2D eigenvalue weighted by molar-refractivity contribution is 9.10. The number of fused-ring (bicyclic) bond motifs is 1. The number of aromatic nitrogens is 1. The molecule has 196 valence electrons. The Bertz CT molecular complexity index is 1270. The van der Waals surface area contributed by atoms with Crippen molar-refractivity contribution in [1.82, 2.24) is 4.98 Å². The second-order valence-electron chi connectivity index (χ2n) is 8.25. The van der Waals surface area contributed by atoms with Crippen LogP contribution < -0.4 is 14.4 Å². The molecule has 0 aliphatic carbocycles. The molecule has 0 bridgehead atoms. The number of aliphatic carboxylic acids is 1. The first-order chi connectivity index (χ1) is 16.6. The number of ether oxygens (including phenoxy) is 2.